The molecular formula is C23H44O5. The maximum Gasteiger partial charge on any atom is 0.114 e. The molecule has 5 nitrogen and oxygen atoms in total. The largest absolute Gasteiger partial charge is 0.388 e. The maximum atomic E-state index is 9.94. The smallest absolute Gasteiger partial charge is 0.114 e. The standard InChI is InChI=1S/C23H44O5/c1-2-3-4-5-6-7-8-9-10-11-12-13-14-15-16-17-27-18-21(25)23-22(26)20(24)19-28-23/h8-9,20-26H,2-7,10-19H2,1H3/b9-8+/t20-,21+,22-,23-/m0/s1. The van der Waals surface area contributed by atoms with E-state index in [0.717, 1.165) is 12.8 Å². The van der Waals surface area contributed by atoms with Gasteiger partial charge in [0.15, 0.2) is 0 Å². The molecule has 0 aromatic carbocycles. The molecule has 1 aliphatic rings. The van der Waals surface area contributed by atoms with E-state index in [4.69, 9.17) is 9.47 Å². The van der Waals surface area contributed by atoms with Crippen molar-refractivity contribution in [1.82, 2.24) is 0 Å². The van der Waals surface area contributed by atoms with Gasteiger partial charge in [0.05, 0.1) is 13.2 Å². The van der Waals surface area contributed by atoms with E-state index in [9.17, 15) is 15.3 Å². The second kappa shape index (κ2) is 17.4. The lowest BCUT2D eigenvalue weighted by atomic mass is 10.1. The third-order valence-electron chi connectivity index (χ3n) is 5.41. The van der Waals surface area contributed by atoms with Crippen LogP contribution in [0.1, 0.15) is 90.4 Å². The Morgan fingerprint density at radius 3 is 2.04 bits per heavy atom. The fourth-order valence-corrected chi connectivity index (χ4v) is 3.54. The number of aliphatic hydroxyl groups is 3. The van der Waals surface area contributed by atoms with Crippen molar-refractivity contribution in [3.63, 3.8) is 0 Å². The first-order valence-electron chi connectivity index (χ1n) is 11.5. The lowest BCUT2D eigenvalue weighted by molar-refractivity contribution is -0.0813. The summed E-state index contributed by atoms with van der Waals surface area (Å²) < 4.78 is 10.7. The highest BCUT2D eigenvalue weighted by Crippen LogP contribution is 2.18. The van der Waals surface area contributed by atoms with Crippen LogP contribution in [0.25, 0.3) is 0 Å². The molecule has 1 saturated heterocycles. The topological polar surface area (TPSA) is 79.2 Å². The average Bonchev–Trinajstić information content (AvgIpc) is 3.03. The monoisotopic (exact) mass is 400 g/mol. The Morgan fingerprint density at radius 2 is 1.46 bits per heavy atom. The molecule has 4 atom stereocenters. The lowest BCUT2D eigenvalue weighted by Crippen LogP contribution is -2.40. The van der Waals surface area contributed by atoms with E-state index in [-0.39, 0.29) is 13.2 Å². The number of hydrogen-bond donors (Lipinski definition) is 3. The minimum atomic E-state index is -1.03. The van der Waals surface area contributed by atoms with E-state index >= 15 is 0 Å². The first-order valence-corrected chi connectivity index (χ1v) is 11.5. The number of hydrogen-bond acceptors (Lipinski definition) is 5. The molecule has 0 saturated carbocycles. The Morgan fingerprint density at radius 1 is 0.893 bits per heavy atom. The van der Waals surface area contributed by atoms with Crippen molar-refractivity contribution < 1.29 is 24.8 Å². The second-order valence-electron chi connectivity index (χ2n) is 8.08. The van der Waals surface area contributed by atoms with Gasteiger partial charge in [-0.1, -0.05) is 70.4 Å². The molecule has 28 heavy (non-hydrogen) atoms. The summed E-state index contributed by atoms with van der Waals surface area (Å²) in [5.74, 6) is 0. The molecule has 166 valence electrons. The van der Waals surface area contributed by atoms with E-state index in [1.54, 1.807) is 0 Å². The summed E-state index contributed by atoms with van der Waals surface area (Å²) in [4.78, 5) is 0. The number of allylic oxidation sites excluding steroid dienone is 2. The molecule has 5 heteroatoms. The van der Waals surface area contributed by atoms with Gasteiger partial charge >= 0.3 is 0 Å². The molecule has 0 amide bonds. The zero-order valence-corrected chi connectivity index (χ0v) is 17.9. The Kier molecular flexibility index (Phi) is 15.9. The van der Waals surface area contributed by atoms with Gasteiger partial charge in [0.1, 0.15) is 24.4 Å². The maximum absolute atomic E-state index is 9.94. The van der Waals surface area contributed by atoms with Crippen LogP contribution >= 0.6 is 0 Å². The summed E-state index contributed by atoms with van der Waals surface area (Å²) >= 11 is 0. The molecule has 1 fully saturated rings. The van der Waals surface area contributed by atoms with Crippen molar-refractivity contribution >= 4 is 0 Å². The molecule has 0 unspecified atom stereocenters. The van der Waals surface area contributed by atoms with Crippen LogP contribution in [0.5, 0.6) is 0 Å². The quantitative estimate of drug-likeness (QED) is 0.238. The van der Waals surface area contributed by atoms with Crippen molar-refractivity contribution in [1.29, 1.82) is 0 Å². The molecule has 0 aromatic heterocycles. The molecule has 0 radical (unpaired) electrons. The van der Waals surface area contributed by atoms with Gasteiger partial charge in [-0.05, 0) is 32.1 Å². The molecule has 0 aliphatic carbocycles. The summed E-state index contributed by atoms with van der Waals surface area (Å²) in [5.41, 5.74) is 0. The highest BCUT2D eigenvalue weighted by atomic mass is 16.5. The Balaban J connectivity index is 1.79. The molecule has 0 spiro atoms. The van der Waals surface area contributed by atoms with Gasteiger partial charge in [0.2, 0.25) is 0 Å². The summed E-state index contributed by atoms with van der Waals surface area (Å²) in [6.07, 6.45) is 17.6. The van der Waals surface area contributed by atoms with Crippen LogP contribution in [0, 0.1) is 0 Å². The minimum Gasteiger partial charge on any atom is -0.388 e. The van der Waals surface area contributed by atoms with Crippen LogP contribution in [0.4, 0.5) is 0 Å². The molecular weight excluding hydrogens is 356 g/mol. The van der Waals surface area contributed by atoms with Gasteiger partial charge in [-0.2, -0.15) is 0 Å². The summed E-state index contributed by atoms with van der Waals surface area (Å²) in [5, 5.41) is 29.0. The number of aliphatic hydroxyl groups excluding tert-OH is 3. The molecule has 1 rings (SSSR count). The zero-order valence-electron chi connectivity index (χ0n) is 17.9. The predicted octanol–water partition coefficient (Wildman–Crippen LogP) is 4.13. The number of unbranched alkanes of at least 4 members (excludes halogenated alkanes) is 11. The van der Waals surface area contributed by atoms with E-state index < -0.39 is 24.4 Å². The Hall–Kier alpha value is -0.460. The van der Waals surface area contributed by atoms with Crippen LogP contribution < -0.4 is 0 Å². The van der Waals surface area contributed by atoms with Crippen LogP contribution in [0.3, 0.4) is 0 Å². The van der Waals surface area contributed by atoms with Gasteiger partial charge in [-0.3, -0.25) is 0 Å². The van der Waals surface area contributed by atoms with Gasteiger partial charge in [0, 0.05) is 6.61 Å². The highest BCUT2D eigenvalue weighted by molar-refractivity contribution is 4.87. The SMILES string of the molecule is CCCCCCC/C=C/CCCCCCCCOC[C@@H](O)[C@@H]1OC[C@H](O)[C@@H]1O. The third kappa shape index (κ3) is 12.2. The fourth-order valence-electron chi connectivity index (χ4n) is 3.54. The normalized spacial score (nSPS) is 23.6. The fraction of sp³-hybridized carbons (Fsp3) is 0.913. The molecule has 0 aromatic rings. The van der Waals surface area contributed by atoms with Gasteiger partial charge in [0.25, 0.3) is 0 Å². The second-order valence-corrected chi connectivity index (χ2v) is 8.08. The molecule has 0 bridgehead atoms. The summed E-state index contributed by atoms with van der Waals surface area (Å²) in [7, 11) is 0. The zero-order chi connectivity index (χ0) is 20.5. The van der Waals surface area contributed by atoms with Crippen molar-refractivity contribution in [3.05, 3.63) is 12.2 Å². The van der Waals surface area contributed by atoms with E-state index in [1.165, 1.54) is 70.6 Å². The van der Waals surface area contributed by atoms with Crippen LogP contribution in [-0.2, 0) is 9.47 Å². The third-order valence-corrected chi connectivity index (χ3v) is 5.41. The number of rotatable bonds is 18. The highest BCUT2D eigenvalue weighted by Gasteiger charge is 2.39. The van der Waals surface area contributed by atoms with Crippen LogP contribution in [0.2, 0.25) is 0 Å². The van der Waals surface area contributed by atoms with Gasteiger partial charge < -0.3 is 24.8 Å². The Bertz CT molecular complexity index is 374. The summed E-state index contributed by atoms with van der Waals surface area (Å²) in [6, 6.07) is 0. The number of ether oxygens (including phenoxy) is 2. The van der Waals surface area contributed by atoms with Crippen molar-refractivity contribution in [2.24, 2.45) is 0 Å². The first kappa shape index (κ1) is 25.6. The van der Waals surface area contributed by atoms with E-state index in [0.29, 0.717) is 6.61 Å². The molecule has 1 heterocycles. The van der Waals surface area contributed by atoms with E-state index in [1.807, 2.05) is 0 Å². The van der Waals surface area contributed by atoms with Crippen molar-refractivity contribution in [3.8, 4) is 0 Å². The van der Waals surface area contributed by atoms with Gasteiger partial charge in [-0.15, -0.1) is 0 Å². The average molecular weight is 401 g/mol. The lowest BCUT2D eigenvalue weighted by Gasteiger charge is -2.20. The van der Waals surface area contributed by atoms with Crippen LogP contribution in [0.15, 0.2) is 12.2 Å². The van der Waals surface area contributed by atoms with Crippen LogP contribution in [-0.4, -0.2) is 59.6 Å². The first-order chi connectivity index (χ1) is 13.7. The van der Waals surface area contributed by atoms with E-state index in [2.05, 4.69) is 19.1 Å². The predicted molar refractivity (Wildman–Crippen MR) is 113 cm³/mol. The minimum absolute atomic E-state index is 0.0672. The van der Waals surface area contributed by atoms with Crippen molar-refractivity contribution in [2.45, 2.75) is 115 Å². The Labute approximate surface area is 172 Å². The van der Waals surface area contributed by atoms with Crippen molar-refractivity contribution in [2.75, 3.05) is 19.8 Å². The molecule has 1 aliphatic heterocycles. The van der Waals surface area contributed by atoms with Gasteiger partial charge in [-0.25, -0.2) is 0 Å². The molecule has 3 N–H and O–H groups in total. The summed E-state index contributed by atoms with van der Waals surface area (Å²) in [6.45, 7) is 3.08.